The first-order valence-electron chi connectivity index (χ1n) is 9.01. The first kappa shape index (κ1) is 16.2. The van der Waals surface area contributed by atoms with Gasteiger partial charge >= 0.3 is 0 Å². The highest BCUT2D eigenvalue weighted by atomic mass is 32.1. The quantitative estimate of drug-likeness (QED) is 0.772. The van der Waals surface area contributed by atoms with Crippen molar-refractivity contribution in [2.24, 2.45) is 5.92 Å². The molecule has 1 aliphatic carbocycles. The summed E-state index contributed by atoms with van der Waals surface area (Å²) >= 11 is 1.76. The average Bonchev–Trinajstić information content (AvgIpc) is 3.18. The maximum absolute atomic E-state index is 5.86. The minimum absolute atomic E-state index is 0.302. The van der Waals surface area contributed by atoms with Gasteiger partial charge < -0.3 is 4.74 Å². The van der Waals surface area contributed by atoms with Crippen molar-refractivity contribution < 1.29 is 4.74 Å². The highest BCUT2D eigenvalue weighted by molar-refractivity contribution is 7.09. The van der Waals surface area contributed by atoms with Crippen molar-refractivity contribution in [3.63, 3.8) is 0 Å². The van der Waals surface area contributed by atoms with Crippen molar-refractivity contribution in [1.82, 2.24) is 19.7 Å². The number of nitrogens with zero attached hydrogens (tertiary/aromatic N) is 4. The molecule has 2 aliphatic rings. The molecule has 24 heavy (non-hydrogen) atoms. The summed E-state index contributed by atoms with van der Waals surface area (Å²) in [5.74, 6) is 0.834. The second kappa shape index (κ2) is 6.94. The summed E-state index contributed by atoms with van der Waals surface area (Å²) in [5.41, 5.74) is 5.92. The van der Waals surface area contributed by atoms with E-state index in [9.17, 15) is 0 Å². The molecule has 1 saturated carbocycles. The van der Waals surface area contributed by atoms with Gasteiger partial charge in [0.15, 0.2) is 0 Å². The zero-order valence-corrected chi connectivity index (χ0v) is 15.4. The molecule has 0 bridgehead atoms. The molecule has 4 rings (SSSR count). The number of hydrogen-bond acceptors (Lipinski definition) is 5. The summed E-state index contributed by atoms with van der Waals surface area (Å²) in [7, 11) is 0. The Morgan fingerprint density at radius 3 is 2.96 bits per heavy atom. The number of hydrogen-bond donors (Lipinski definition) is 0. The van der Waals surface area contributed by atoms with E-state index in [1.807, 2.05) is 5.51 Å². The molecule has 0 N–H and O–H groups in total. The molecule has 130 valence electrons. The predicted molar refractivity (Wildman–Crippen MR) is 95.2 cm³/mol. The van der Waals surface area contributed by atoms with Crippen LogP contribution in [0.3, 0.4) is 0 Å². The number of rotatable bonds is 7. The van der Waals surface area contributed by atoms with E-state index in [2.05, 4.69) is 34.6 Å². The van der Waals surface area contributed by atoms with Crippen LogP contribution in [0.5, 0.6) is 0 Å². The second-order valence-electron chi connectivity index (χ2n) is 6.94. The monoisotopic (exact) mass is 346 g/mol. The SMILES string of the molecule is CCOCC1c2c(cnn2CC2CC2)CCN1Cc1scnc1C. The molecule has 0 amide bonds. The van der Waals surface area contributed by atoms with Crippen molar-refractivity contribution in [3.8, 4) is 0 Å². The summed E-state index contributed by atoms with van der Waals surface area (Å²) < 4.78 is 8.13. The molecule has 0 spiro atoms. The van der Waals surface area contributed by atoms with Crippen LogP contribution >= 0.6 is 11.3 Å². The van der Waals surface area contributed by atoms with Gasteiger partial charge in [0.25, 0.3) is 0 Å². The zero-order valence-electron chi connectivity index (χ0n) is 14.6. The first-order valence-corrected chi connectivity index (χ1v) is 9.89. The van der Waals surface area contributed by atoms with Gasteiger partial charge in [0.05, 0.1) is 35.7 Å². The van der Waals surface area contributed by atoms with Crippen molar-refractivity contribution in [2.45, 2.75) is 52.2 Å². The van der Waals surface area contributed by atoms with Crippen molar-refractivity contribution in [1.29, 1.82) is 0 Å². The molecule has 1 fully saturated rings. The molecular formula is C18H26N4OS. The fourth-order valence-electron chi connectivity index (χ4n) is 3.56. The second-order valence-corrected chi connectivity index (χ2v) is 7.88. The summed E-state index contributed by atoms with van der Waals surface area (Å²) in [6.45, 7) is 8.79. The number of aromatic nitrogens is 3. The maximum Gasteiger partial charge on any atom is 0.0798 e. The molecule has 2 aromatic heterocycles. The van der Waals surface area contributed by atoms with Gasteiger partial charge in [-0.25, -0.2) is 4.98 Å². The molecule has 1 aliphatic heterocycles. The standard InChI is InChI=1S/C18H26N4OS/c1-3-23-11-16-18-15(8-20-22(18)9-14-4-5-14)6-7-21(16)10-17-13(2)19-12-24-17/h8,12,14,16H,3-7,9-11H2,1-2H3. The van der Waals surface area contributed by atoms with Crippen molar-refractivity contribution in [2.75, 3.05) is 19.8 Å². The van der Waals surface area contributed by atoms with Crippen LogP contribution in [0.2, 0.25) is 0 Å². The van der Waals surface area contributed by atoms with E-state index in [-0.39, 0.29) is 0 Å². The van der Waals surface area contributed by atoms with Gasteiger partial charge in [-0.3, -0.25) is 9.58 Å². The van der Waals surface area contributed by atoms with E-state index < -0.39 is 0 Å². The molecule has 0 saturated heterocycles. The average molecular weight is 346 g/mol. The lowest BCUT2D eigenvalue weighted by molar-refractivity contribution is 0.0515. The maximum atomic E-state index is 5.86. The van der Waals surface area contributed by atoms with Crippen molar-refractivity contribution in [3.05, 3.63) is 33.5 Å². The Hall–Kier alpha value is -1.24. The van der Waals surface area contributed by atoms with Crippen LogP contribution < -0.4 is 0 Å². The van der Waals surface area contributed by atoms with Crippen LogP contribution in [0.25, 0.3) is 0 Å². The van der Waals surface area contributed by atoms with Gasteiger partial charge in [-0.15, -0.1) is 11.3 Å². The van der Waals surface area contributed by atoms with E-state index >= 15 is 0 Å². The smallest absolute Gasteiger partial charge is 0.0798 e. The molecule has 0 aromatic carbocycles. The van der Waals surface area contributed by atoms with Crippen LogP contribution in [0.4, 0.5) is 0 Å². The lowest BCUT2D eigenvalue weighted by Gasteiger charge is -2.36. The van der Waals surface area contributed by atoms with Gasteiger partial charge in [-0.2, -0.15) is 5.10 Å². The Morgan fingerprint density at radius 2 is 2.25 bits per heavy atom. The number of fused-ring (bicyclic) bond motifs is 1. The predicted octanol–water partition coefficient (Wildman–Crippen LogP) is 3.19. The van der Waals surface area contributed by atoms with Crippen LogP contribution in [0, 0.1) is 12.8 Å². The minimum Gasteiger partial charge on any atom is -0.380 e. The molecule has 0 radical (unpaired) electrons. The van der Waals surface area contributed by atoms with Crippen LogP contribution in [-0.4, -0.2) is 39.4 Å². The molecule has 1 atom stereocenters. The van der Waals surface area contributed by atoms with E-state index in [4.69, 9.17) is 9.84 Å². The largest absolute Gasteiger partial charge is 0.380 e. The Balaban J connectivity index is 1.60. The summed E-state index contributed by atoms with van der Waals surface area (Å²) in [5, 5.41) is 4.71. The lowest BCUT2D eigenvalue weighted by atomic mass is 9.99. The van der Waals surface area contributed by atoms with Gasteiger partial charge in [-0.1, -0.05) is 0 Å². The number of aryl methyl sites for hydroxylation is 1. The number of thiazole rings is 1. The zero-order chi connectivity index (χ0) is 16.5. The highest BCUT2D eigenvalue weighted by Crippen LogP contribution is 2.36. The molecule has 5 nitrogen and oxygen atoms in total. The Kier molecular flexibility index (Phi) is 4.70. The third-order valence-corrected chi connectivity index (χ3v) is 6.10. The molecular weight excluding hydrogens is 320 g/mol. The summed E-state index contributed by atoms with van der Waals surface area (Å²) in [4.78, 5) is 8.34. The topological polar surface area (TPSA) is 43.2 Å². The Labute approximate surface area is 147 Å². The molecule has 2 aromatic rings. The third-order valence-electron chi connectivity index (χ3n) is 5.18. The van der Waals surface area contributed by atoms with Gasteiger partial charge in [0.1, 0.15) is 0 Å². The van der Waals surface area contributed by atoms with Crippen LogP contribution in [0.15, 0.2) is 11.7 Å². The van der Waals surface area contributed by atoms with Gasteiger partial charge in [0.2, 0.25) is 0 Å². The summed E-state index contributed by atoms with van der Waals surface area (Å²) in [6.07, 6.45) is 5.88. The molecule has 1 unspecified atom stereocenters. The number of ether oxygens (including phenoxy) is 1. The summed E-state index contributed by atoms with van der Waals surface area (Å²) in [6, 6.07) is 0.302. The molecule has 3 heterocycles. The third kappa shape index (κ3) is 3.27. The fraction of sp³-hybridized carbons (Fsp3) is 0.667. The van der Waals surface area contributed by atoms with Gasteiger partial charge in [-0.05, 0) is 44.6 Å². The van der Waals surface area contributed by atoms with E-state index in [1.54, 1.807) is 11.3 Å². The van der Waals surface area contributed by atoms with Crippen LogP contribution in [0.1, 0.15) is 47.6 Å². The Morgan fingerprint density at radius 1 is 1.38 bits per heavy atom. The minimum atomic E-state index is 0.302. The van der Waals surface area contributed by atoms with Crippen LogP contribution in [-0.2, 0) is 24.2 Å². The first-order chi connectivity index (χ1) is 11.8. The van der Waals surface area contributed by atoms with Crippen molar-refractivity contribution >= 4 is 11.3 Å². The van der Waals surface area contributed by atoms with Gasteiger partial charge in [0, 0.05) is 31.1 Å². The van der Waals surface area contributed by atoms with E-state index in [1.165, 1.54) is 29.0 Å². The normalized spacial score (nSPS) is 21.2. The fourth-order valence-corrected chi connectivity index (χ4v) is 4.36. The van der Waals surface area contributed by atoms with E-state index in [0.29, 0.717) is 6.04 Å². The molecule has 6 heteroatoms. The van der Waals surface area contributed by atoms with E-state index in [0.717, 1.165) is 50.9 Å². The Bertz CT molecular complexity index is 691. The lowest BCUT2D eigenvalue weighted by Crippen LogP contribution is -2.38. The highest BCUT2D eigenvalue weighted by Gasteiger charge is 2.33.